The number of ether oxygens (including phenoxy) is 1. The van der Waals surface area contributed by atoms with E-state index in [2.05, 4.69) is 9.71 Å². The molecule has 7 heteroatoms. The first-order valence-corrected chi connectivity index (χ1v) is 7.86. The third kappa shape index (κ3) is 4.61. The minimum Gasteiger partial charge on any atom is -0.380 e. The van der Waals surface area contributed by atoms with Crippen molar-refractivity contribution in [3.05, 3.63) is 18.0 Å². The van der Waals surface area contributed by atoms with Crippen molar-refractivity contribution >= 4 is 10.0 Å². The largest absolute Gasteiger partial charge is 0.380 e. The van der Waals surface area contributed by atoms with Gasteiger partial charge < -0.3 is 15.5 Å². The van der Waals surface area contributed by atoms with E-state index in [0.717, 1.165) is 0 Å². The van der Waals surface area contributed by atoms with E-state index in [1.807, 2.05) is 20.8 Å². The SMILES string of the molecule is CCOCC(NS(=O)(=O)c1c[nH]c(CN)c1)C(C)C. The lowest BCUT2D eigenvalue weighted by molar-refractivity contribution is 0.116. The fourth-order valence-corrected chi connectivity index (χ4v) is 2.95. The zero-order chi connectivity index (χ0) is 14.5. The van der Waals surface area contributed by atoms with E-state index < -0.39 is 10.0 Å². The van der Waals surface area contributed by atoms with Gasteiger partial charge in [0.25, 0.3) is 0 Å². The standard InChI is InChI=1S/C12H23N3O3S/c1-4-18-8-12(9(2)3)15-19(16,17)11-5-10(6-13)14-7-11/h5,7,9,12,14-15H,4,6,8,13H2,1-3H3. The van der Waals surface area contributed by atoms with Crippen LogP contribution in [-0.4, -0.2) is 32.7 Å². The van der Waals surface area contributed by atoms with Gasteiger partial charge in [0, 0.05) is 31.1 Å². The molecule has 1 heterocycles. The molecule has 1 aromatic heterocycles. The average Bonchev–Trinajstić information content (AvgIpc) is 2.83. The van der Waals surface area contributed by atoms with Crippen LogP contribution in [0.3, 0.4) is 0 Å². The number of hydrogen-bond acceptors (Lipinski definition) is 4. The molecule has 0 radical (unpaired) electrons. The van der Waals surface area contributed by atoms with Gasteiger partial charge in [-0.2, -0.15) is 0 Å². The molecule has 0 spiro atoms. The molecule has 1 atom stereocenters. The minimum atomic E-state index is -3.54. The predicted molar refractivity (Wildman–Crippen MR) is 74.1 cm³/mol. The molecule has 0 aromatic carbocycles. The van der Waals surface area contributed by atoms with Gasteiger partial charge in [-0.25, -0.2) is 13.1 Å². The normalized spacial score (nSPS) is 13.9. The first-order chi connectivity index (χ1) is 8.90. The van der Waals surface area contributed by atoms with Gasteiger partial charge in [0.2, 0.25) is 10.0 Å². The maximum absolute atomic E-state index is 12.2. The van der Waals surface area contributed by atoms with Crippen molar-refractivity contribution in [1.29, 1.82) is 0 Å². The summed E-state index contributed by atoms with van der Waals surface area (Å²) in [5, 5.41) is 0. The van der Waals surface area contributed by atoms with Gasteiger partial charge in [0.1, 0.15) is 0 Å². The number of rotatable bonds is 8. The maximum atomic E-state index is 12.2. The van der Waals surface area contributed by atoms with Gasteiger partial charge in [0.05, 0.1) is 11.5 Å². The molecular weight excluding hydrogens is 266 g/mol. The highest BCUT2D eigenvalue weighted by Crippen LogP contribution is 2.13. The summed E-state index contributed by atoms with van der Waals surface area (Å²) in [6, 6.07) is 1.29. The van der Waals surface area contributed by atoms with E-state index in [4.69, 9.17) is 10.5 Å². The first kappa shape index (κ1) is 16.2. The molecule has 1 aromatic rings. The molecule has 0 saturated heterocycles. The van der Waals surface area contributed by atoms with Crippen molar-refractivity contribution in [1.82, 2.24) is 9.71 Å². The number of aromatic nitrogens is 1. The lowest BCUT2D eigenvalue weighted by Crippen LogP contribution is -2.41. The van der Waals surface area contributed by atoms with Gasteiger partial charge in [-0.15, -0.1) is 0 Å². The zero-order valence-electron chi connectivity index (χ0n) is 11.6. The molecule has 0 aliphatic rings. The molecule has 0 bridgehead atoms. The van der Waals surface area contributed by atoms with Crippen LogP contribution in [0.5, 0.6) is 0 Å². The highest BCUT2D eigenvalue weighted by atomic mass is 32.2. The summed E-state index contributed by atoms with van der Waals surface area (Å²) >= 11 is 0. The van der Waals surface area contributed by atoms with Crippen LogP contribution in [0.25, 0.3) is 0 Å². The first-order valence-electron chi connectivity index (χ1n) is 6.38. The number of nitrogens with two attached hydrogens (primary N) is 1. The summed E-state index contributed by atoms with van der Waals surface area (Å²) in [6.07, 6.45) is 1.45. The summed E-state index contributed by atoms with van der Waals surface area (Å²) < 4.78 is 32.4. The number of aromatic amines is 1. The molecule has 6 nitrogen and oxygen atoms in total. The molecule has 110 valence electrons. The Bertz CT molecular complexity index is 482. The van der Waals surface area contributed by atoms with Crippen LogP contribution in [0.1, 0.15) is 26.5 Å². The lowest BCUT2D eigenvalue weighted by Gasteiger charge is -2.21. The van der Waals surface area contributed by atoms with Crippen LogP contribution < -0.4 is 10.5 Å². The monoisotopic (exact) mass is 289 g/mol. The molecule has 0 aliphatic heterocycles. The van der Waals surface area contributed by atoms with E-state index in [0.29, 0.717) is 18.9 Å². The highest BCUT2D eigenvalue weighted by molar-refractivity contribution is 7.89. The Morgan fingerprint density at radius 1 is 1.47 bits per heavy atom. The molecule has 19 heavy (non-hydrogen) atoms. The van der Waals surface area contributed by atoms with E-state index >= 15 is 0 Å². The number of sulfonamides is 1. The zero-order valence-corrected chi connectivity index (χ0v) is 12.5. The van der Waals surface area contributed by atoms with Crippen molar-refractivity contribution in [3.8, 4) is 0 Å². The van der Waals surface area contributed by atoms with Crippen LogP contribution in [-0.2, 0) is 21.3 Å². The Morgan fingerprint density at radius 2 is 2.16 bits per heavy atom. The van der Waals surface area contributed by atoms with Crippen molar-refractivity contribution in [2.45, 2.75) is 38.3 Å². The molecule has 4 N–H and O–H groups in total. The van der Waals surface area contributed by atoms with E-state index in [1.54, 1.807) is 6.07 Å². The maximum Gasteiger partial charge on any atom is 0.242 e. The lowest BCUT2D eigenvalue weighted by atomic mass is 10.1. The Morgan fingerprint density at radius 3 is 2.63 bits per heavy atom. The Balaban J connectivity index is 2.81. The summed E-state index contributed by atoms with van der Waals surface area (Å²) in [5.41, 5.74) is 6.14. The van der Waals surface area contributed by atoms with Crippen molar-refractivity contribution in [2.75, 3.05) is 13.2 Å². The third-order valence-corrected chi connectivity index (χ3v) is 4.33. The molecule has 1 unspecified atom stereocenters. The number of hydrogen-bond donors (Lipinski definition) is 3. The van der Waals surface area contributed by atoms with Gasteiger partial charge >= 0.3 is 0 Å². The fourth-order valence-electron chi connectivity index (χ4n) is 1.57. The highest BCUT2D eigenvalue weighted by Gasteiger charge is 2.23. The molecule has 0 saturated carbocycles. The Labute approximate surface area is 114 Å². The van der Waals surface area contributed by atoms with Crippen molar-refractivity contribution in [3.63, 3.8) is 0 Å². The number of H-pyrrole nitrogens is 1. The van der Waals surface area contributed by atoms with Crippen molar-refractivity contribution in [2.24, 2.45) is 11.7 Å². The molecule has 1 rings (SSSR count). The summed E-state index contributed by atoms with van der Waals surface area (Å²) in [6.45, 7) is 6.99. The molecular formula is C12H23N3O3S. The fraction of sp³-hybridized carbons (Fsp3) is 0.667. The second-order valence-corrected chi connectivity index (χ2v) is 6.41. The van der Waals surface area contributed by atoms with E-state index in [9.17, 15) is 8.42 Å². The van der Waals surface area contributed by atoms with Crippen LogP contribution in [0.15, 0.2) is 17.2 Å². The summed E-state index contributed by atoms with van der Waals surface area (Å²) in [7, 11) is -3.54. The van der Waals surface area contributed by atoms with E-state index in [-0.39, 0.29) is 23.4 Å². The van der Waals surface area contributed by atoms with Gasteiger partial charge in [-0.05, 0) is 18.9 Å². The summed E-state index contributed by atoms with van der Waals surface area (Å²) in [5.74, 6) is 0.147. The Hall–Kier alpha value is -0.890. The topological polar surface area (TPSA) is 97.2 Å². The molecule has 0 fully saturated rings. The van der Waals surface area contributed by atoms with Crippen LogP contribution in [0.4, 0.5) is 0 Å². The average molecular weight is 289 g/mol. The van der Waals surface area contributed by atoms with Gasteiger partial charge in [-0.1, -0.05) is 13.8 Å². The summed E-state index contributed by atoms with van der Waals surface area (Å²) in [4.78, 5) is 3.04. The van der Waals surface area contributed by atoms with Gasteiger partial charge in [-0.3, -0.25) is 0 Å². The van der Waals surface area contributed by atoms with Crippen LogP contribution in [0, 0.1) is 5.92 Å². The minimum absolute atomic E-state index is 0.147. The van der Waals surface area contributed by atoms with Crippen LogP contribution in [0.2, 0.25) is 0 Å². The predicted octanol–water partition coefficient (Wildman–Crippen LogP) is 0.813. The van der Waals surface area contributed by atoms with Crippen LogP contribution >= 0.6 is 0 Å². The molecule has 0 aliphatic carbocycles. The Kier molecular flexibility index (Phi) is 5.99. The van der Waals surface area contributed by atoms with E-state index in [1.165, 1.54) is 6.20 Å². The molecule has 0 amide bonds. The quantitative estimate of drug-likeness (QED) is 0.660. The van der Waals surface area contributed by atoms with Gasteiger partial charge in [0.15, 0.2) is 0 Å². The number of nitrogens with one attached hydrogen (secondary N) is 2. The second-order valence-electron chi connectivity index (χ2n) is 4.70. The third-order valence-electron chi connectivity index (χ3n) is 2.86. The smallest absolute Gasteiger partial charge is 0.242 e. The second kappa shape index (κ2) is 7.04. The van der Waals surface area contributed by atoms with Crippen molar-refractivity contribution < 1.29 is 13.2 Å².